The average molecular weight is 437 g/mol. The van der Waals surface area contributed by atoms with E-state index in [-0.39, 0.29) is 11.3 Å². The number of hydrogen-bond acceptors (Lipinski definition) is 5. The van der Waals surface area contributed by atoms with Crippen molar-refractivity contribution in [1.29, 1.82) is 0 Å². The van der Waals surface area contributed by atoms with Gasteiger partial charge in [0.1, 0.15) is 41.8 Å². The Hall–Kier alpha value is -3.67. The van der Waals surface area contributed by atoms with E-state index in [2.05, 4.69) is 0 Å². The lowest BCUT2D eigenvalue weighted by Crippen LogP contribution is -2.19. The summed E-state index contributed by atoms with van der Waals surface area (Å²) in [5.41, 5.74) is 1.23. The van der Waals surface area contributed by atoms with E-state index < -0.39 is 11.4 Å². The van der Waals surface area contributed by atoms with Crippen molar-refractivity contribution >= 4 is 5.97 Å². The Morgan fingerprint density at radius 3 is 1.75 bits per heavy atom. The molecule has 32 heavy (non-hydrogen) atoms. The van der Waals surface area contributed by atoms with Gasteiger partial charge in [-0.1, -0.05) is 32.0 Å². The molecule has 6 nitrogen and oxygen atoms in total. The highest BCUT2D eigenvalue weighted by atomic mass is 16.5. The van der Waals surface area contributed by atoms with E-state index in [1.807, 2.05) is 69.3 Å². The van der Waals surface area contributed by atoms with Crippen molar-refractivity contribution in [1.82, 2.24) is 0 Å². The summed E-state index contributed by atoms with van der Waals surface area (Å²) < 4.78 is 16.9. The highest BCUT2D eigenvalue weighted by Gasteiger charge is 2.25. The van der Waals surface area contributed by atoms with Crippen LogP contribution in [0.15, 0.2) is 66.7 Å². The standard InChI is InChI=1S/C26H28O6/c1-4-30-20-10-12-22(13-11-20)32-16-15-31-21-8-5-18(6-9-21)26(2,3)19-7-14-24(27)23(17-19)25(28)29/h5-14,17,27H,4,15-16H2,1-3H3,(H,28,29). The molecule has 0 aliphatic heterocycles. The number of hydrogen-bond donors (Lipinski definition) is 2. The van der Waals surface area contributed by atoms with Gasteiger partial charge < -0.3 is 24.4 Å². The van der Waals surface area contributed by atoms with Crippen molar-refractivity contribution < 1.29 is 29.2 Å². The molecular formula is C26H28O6. The first-order valence-electron chi connectivity index (χ1n) is 10.5. The van der Waals surface area contributed by atoms with E-state index in [0.717, 1.165) is 28.4 Å². The van der Waals surface area contributed by atoms with E-state index in [1.54, 1.807) is 6.07 Å². The van der Waals surface area contributed by atoms with Crippen LogP contribution in [0.4, 0.5) is 0 Å². The van der Waals surface area contributed by atoms with Crippen molar-refractivity contribution in [2.75, 3.05) is 19.8 Å². The largest absolute Gasteiger partial charge is 0.507 e. The lowest BCUT2D eigenvalue weighted by atomic mass is 9.77. The molecule has 0 unspecified atom stereocenters. The van der Waals surface area contributed by atoms with Crippen molar-refractivity contribution in [3.05, 3.63) is 83.4 Å². The molecule has 0 saturated carbocycles. The van der Waals surface area contributed by atoms with E-state index in [0.29, 0.717) is 19.8 Å². The van der Waals surface area contributed by atoms with Gasteiger partial charge in [-0.05, 0) is 66.6 Å². The Labute approximate surface area is 188 Å². The molecule has 0 atom stereocenters. The highest BCUT2D eigenvalue weighted by molar-refractivity contribution is 5.91. The third kappa shape index (κ3) is 5.52. The number of carbonyl (C=O) groups is 1. The van der Waals surface area contributed by atoms with Gasteiger partial charge in [-0.25, -0.2) is 4.79 Å². The van der Waals surface area contributed by atoms with Crippen LogP contribution in [0, 0.1) is 0 Å². The molecule has 0 bridgehead atoms. The quantitative estimate of drug-likeness (QED) is 0.421. The van der Waals surface area contributed by atoms with Crippen LogP contribution in [0.25, 0.3) is 0 Å². The Bertz CT molecular complexity index is 1040. The monoisotopic (exact) mass is 436 g/mol. The Morgan fingerprint density at radius 2 is 1.25 bits per heavy atom. The molecule has 0 heterocycles. The summed E-state index contributed by atoms with van der Waals surface area (Å²) in [4.78, 5) is 11.3. The van der Waals surface area contributed by atoms with Crippen LogP contribution in [-0.4, -0.2) is 36.0 Å². The van der Waals surface area contributed by atoms with Crippen LogP contribution < -0.4 is 14.2 Å². The van der Waals surface area contributed by atoms with Gasteiger partial charge in [-0.15, -0.1) is 0 Å². The fourth-order valence-electron chi connectivity index (χ4n) is 3.35. The maximum atomic E-state index is 11.3. The van der Waals surface area contributed by atoms with Gasteiger partial charge in [0.15, 0.2) is 0 Å². The molecule has 0 aliphatic carbocycles. The van der Waals surface area contributed by atoms with Crippen LogP contribution in [0.5, 0.6) is 23.0 Å². The number of phenols is 1. The third-order valence-electron chi connectivity index (χ3n) is 5.28. The van der Waals surface area contributed by atoms with Crippen molar-refractivity contribution in [3.63, 3.8) is 0 Å². The van der Waals surface area contributed by atoms with E-state index >= 15 is 0 Å². The number of rotatable bonds is 10. The van der Waals surface area contributed by atoms with Crippen LogP contribution >= 0.6 is 0 Å². The minimum absolute atomic E-state index is 0.108. The molecule has 3 rings (SSSR count). The van der Waals surface area contributed by atoms with Gasteiger partial charge in [-0.3, -0.25) is 0 Å². The van der Waals surface area contributed by atoms with E-state index in [4.69, 9.17) is 14.2 Å². The lowest BCUT2D eigenvalue weighted by Gasteiger charge is -2.27. The summed E-state index contributed by atoms with van der Waals surface area (Å²) in [6.07, 6.45) is 0. The second kappa shape index (κ2) is 10.1. The predicted octanol–water partition coefficient (Wildman–Crippen LogP) is 5.27. The topological polar surface area (TPSA) is 85.2 Å². The summed E-state index contributed by atoms with van der Waals surface area (Å²) in [7, 11) is 0. The molecule has 3 aromatic carbocycles. The van der Waals surface area contributed by atoms with E-state index in [1.165, 1.54) is 12.1 Å². The number of benzene rings is 3. The molecule has 0 amide bonds. The van der Waals surface area contributed by atoms with Crippen LogP contribution in [0.3, 0.4) is 0 Å². The molecule has 0 spiro atoms. The molecule has 0 aliphatic rings. The molecule has 6 heteroatoms. The second-order valence-corrected chi connectivity index (χ2v) is 7.79. The van der Waals surface area contributed by atoms with Gasteiger partial charge in [0, 0.05) is 5.41 Å². The third-order valence-corrected chi connectivity index (χ3v) is 5.28. The number of carboxylic acids is 1. The van der Waals surface area contributed by atoms with Crippen LogP contribution in [-0.2, 0) is 5.41 Å². The zero-order valence-electron chi connectivity index (χ0n) is 18.5. The summed E-state index contributed by atoms with van der Waals surface area (Å²) >= 11 is 0. The van der Waals surface area contributed by atoms with Crippen LogP contribution in [0.2, 0.25) is 0 Å². The number of ether oxygens (including phenoxy) is 3. The second-order valence-electron chi connectivity index (χ2n) is 7.79. The number of aromatic carboxylic acids is 1. The van der Waals surface area contributed by atoms with Gasteiger partial charge in [0.2, 0.25) is 0 Å². The molecule has 2 N–H and O–H groups in total. The Morgan fingerprint density at radius 1 is 0.781 bits per heavy atom. The van der Waals surface area contributed by atoms with Crippen molar-refractivity contribution in [2.24, 2.45) is 0 Å². The minimum atomic E-state index is -1.16. The summed E-state index contributed by atoms with van der Waals surface area (Å²) in [5.74, 6) is 0.885. The molecule has 168 valence electrons. The molecule has 3 aromatic rings. The highest BCUT2D eigenvalue weighted by Crippen LogP contribution is 2.34. The smallest absolute Gasteiger partial charge is 0.339 e. The maximum Gasteiger partial charge on any atom is 0.339 e. The van der Waals surface area contributed by atoms with E-state index in [9.17, 15) is 15.0 Å². The van der Waals surface area contributed by atoms with Gasteiger partial charge in [0.05, 0.1) is 6.61 Å². The normalized spacial score (nSPS) is 11.1. The van der Waals surface area contributed by atoms with Gasteiger partial charge in [0.25, 0.3) is 0 Å². The first kappa shape index (κ1) is 23.0. The van der Waals surface area contributed by atoms with Crippen molar-refractivity contribution in [2.45, 2.75) is 26.2 Å². The summed E-state index contributed by atoms with van der Waals surface area (Å²) in [6.45, 7) is 7.39. The van der Waals surface area contributed by atoms with Gasteiger partial charge in [-0.2, -0.15) is 0 Å². The molecule has 0 saturated heterocycles. The number of carboxylic acid groups (broad SMARTS) is 1. The predicted molar refractivity (Wildman–Crippen MR) is 122 cm³/mol. The molecule has 0 fully saturated rings. The summed E-state index contributed by atoms with van der Waals surface area (Å²) in [6, 6.07) is 19.8. The first-order chi connectivity index (χ1) is 15.3. The molecule has 0 aromatic heterocycles. The van der Waals surface area contributed by atoms with Crippen molar-refractivity contribution in [3.8, 4) is 23.0 Å². The number of aromatic hydroxyl groups is 1. The SMILES string of the molecule is CCOc1ccc(OCCOc2ccc(C(C)(C)c3ccc(O)c(C(=O)O)c3)cc2)cc1. The summed E-state index contributed by atoms with van der Waals surface area (Å²) in [5, 5.41) is 19.1. The fourth-order valence-corrected chi connectivity index (χ4v) is 3.35. The Balaban J connectivity index is 1.57. The van der Waals surface area contributed by atoms with Crippen LogP contribution in [0.1, 0.15) is 42.3 Å². The fraction of sp³-hybridized carbons (Fsp3) is 0.269. The zero-order valence-corrected chi connectivity index (χ0v) is 18.5. The minimum Gasteiger partial charge on any atom is -0.507 e. The maximum absolute atomic E-state index is 11.3. The van der Waals surface area contributed by atoms with Gasteiger partial charge >= 0.3 is 5.97 Å². The lowest BCUT2D eigenvalue weighted by molar-refractivity contribution is 0.0693. The first-order valence-corrected chi connectivity index (χ1v) is 10.5. The molecular weight excluding hydrogens is 408 g/mol. The average Bonchev–Trinajstić information content (AvgIpc) is 2.78. The molecule has 0 radical (unpaired) electrons. The Kier molecular flexibility index (Phi) is 7.25. The zero-order chi connectivity index (χ0) is 23.1.